The molecule has 0 unspecified atom stereocenters. The van der Waals surface area contributed by atoms with Crippen molar-refractivity contribution < 1.29 is 0 Å². The molecule has 0 amide bonds. The molecule has 0 aromatic heterocycles. The molecule has 0 N–H and O–H groups in total. The van der Waals surface area contributed by atoms with Crippen LogP contribution in [0.25, 0.3) is 0 Å². The molecule has 0 saturated carbocycles. The number of hydrogen-bond acceptors (Lipinski definition) is 0. The summed E-state index contributed by atoms with van der Waals surface area (Å²) in [6.45, 7) is 4.16. The summed E-state index contributed by atoms with van der Waals surface area (Å²) in [7, 11) is 3.31. The zero-order valence-electron chi connectivity index (χ0n) is 7.14. The first-order chi connectivity index (χ1) is 5.54. The molecule has 0 heterocycles. The third-order valence-electron chi connectivity index (χ3n) is 0.824. The van der Waals surface area contributed by atoms with E-state index in [0.29, 0.717) is 15.6 Å². The number of hydrogen-bond donors (Lipinski definition) is 0. The fraction of sp³-hybridized carbons (Fsp3) is 0.333. The van der Waals surface area contributed by atoms with Gasteiger partial charge in [0.1, 0.15) is 0 Å². The van der Waals surface area contributed by atoms with Crippen LogP contribution in [0.5, 0.6) is 0 Å². The maximum absolute atomic E-state index is 5.58. The van der Waals surface area contributed by atoms with E-state index in [0.717, 1.165) is 0 Å². The molecule has 0 aliphatic heterocycles. The van der Waals surface area contributed by atoms with Gasteiger partial charge in [-0.25, -0.2) is 0 Å². The Morgan fingerprint density at radius 3 is 1.50 bits per heavy atom. The van der Waals surface area contributed by atoms with Gasteiger partial charge in [0.25, 0.3) is 0 Å². The van der Waals surface area contributed by atoms with Crippen LogP contribution in [0.4, 0.5) is 0 Å². The molecule has 3 heteroatoms. The van der Waals surface area contributed by atoms with Crippen LogP contribution in [0.3, 0.4) is 0 Å². The van der Waals surface area contributed by atoms with Crippen LogP contribution in [0, 0.1) is 0 Å². The van der Waals surface area contributed by atoms with Crippen LogP contribution < -0.4 is 0 Å². The fourth-order valence-electron chi connectivity index (χ4n) is 0.439. The van der Waals surface area contributed by atoms with Gasteiger partial charge < -0.3 is 0 Å². The molecule has 3 radical (unpaired) electrons. The Morgan fingerprint density at radius 2 is 1.33 bits per heavy atom. The SMILES string of the molecule is CC(C)[Si].Clc1ccccc1Cl. The van der Waals surface area contributed by atoms with Crippen LogP contribution in [-0.2, 0) is 0 Å². The third-order valence-corrected chi connectivity index (χ3v) is 1.58. The quantitative estimate of drug-likeness (QED) is 0.578. The third kappa shape index (κ3) is 6.71. The molecule has 0 saturated heterocycles. The summed E-state index contributed by atoms with van der Waals surface area (Å²) in [6.07, 6.45) is 0. The summed E-state index contributed by atoms with van der Waals surface area (Å²) in [4.78, 5) is 0. The number of halogens is 2. The molecule has 12 heavy (non-hydrogen) atoms. The van der Waals surface area contributed by atoms with E-state index in [1.807, 2.05) is 12.1 Å². The van der Waals surface area contributed by atoms with Gasteiger partial charge in [0.15, 0.2) is 0 Å². The normalized spacial score (nSPS) is 9.17. The van der Waals surface area contributed by atoms with Crippen molar-refractivity contribution in [1.29, 1.82) is 0 Å². The van der Waals surface area contributed by atoms with E-state index in [2.05, 4.69) is 24.1 Å². The zero-order chi connectivity index (χ0) is 9.56. The largest absolute Gasteiger partial charge is 0.0827 e. The standard InChI is InChI=1S/C6H4Cl2.C3H7Si/c7-5-3-1-2-4-6(5)8;1-3(2)4/h1-4H;3H,1-2H3. The van der Waals surface area contributed by atoms with Crippen LogP contribution in [0.15, 0.2) is 24.3 Å². The van der Waals surface area contributed by atoms with E-state index in [-0.39, 0.29) is 0 Å². The fourth-order valence-corrected chi connectivity index (χ4v) is 0.711. The monoisotopic (exact) mass is 217 g/mol. The number of rotatable bonds is 0. The summed E-state index contributed by atoms with van der Waals surface area (Å²) in [5.41, 5.74) is 0.639. The highest BCUT2D eigenvalue weighted by molar-refractivity contribution is 6.41. The Bertz CT molecular complexity index is 200. The van der Waals surface area contributed by atoms with Gasteiger partial charge in [-0.2, -0.15) is 0 Å². The second-order valence-electron chi connectivity index (χ2n) is 2.57. The summed E-state index contributed by atoms with van der Waals surface area (Å²) in [5.74, 6) is 0. The van der Waals surface area contributed by atoms with Crippen molar-refractivity contribution >= 4 is 33.4 Å². The molecule has 1 aromatic rings. The summed E-state index contributed by atoms with van der Waals surface area (Å²) < 4.78 is 0. The van der Waals surface area contributed by atoms with Crippen LogP contribution >= 0.6 is 23.2 Å². The minimum Gasteiger partial charge on any atom is -0.0827 e. The molecule has 0 nitrogen and oxygen atoms in total. The van der Waals surface area contributed by atoms with Crippen molar-refractivity contribution in [1.82, 2.24) is 0 Å². The van der Waals surface area contributed by atoms with Crippen molar-refractivity contribution in [2.24, 2.45) is 0 Å². The van der Waals surface area contributed by atoms with Crippen LogP contribution in [0.2, 0.25) is 15.6 Å². The summed E-state index contributed by atoms with van der Waals surface area (Å²) >= 11 is 11.2. The molecule has 0 spiro atoms. The number of benzene rings is 1. The molecular weight excluding hydrogens is 207 g/mol. The molecule has 1 rings (SSSR count). The van der Waals surface area contributed by atoms with Crippen molar-refractivity contribution in [3.05, 3.63) is 34.3 Å². The first-order valence-corrected chi connectivity index (χ1v) is 4.98. The van der Waals surface area contributed by atoms with E-state index < -0.39 is 0 Å². The van der Waals surface area contributed by atoms with E-state index in [4.69, 9.17) is 23.2 Å². The van der Waals surface area contributed by atoms with Gasteiger partial charge in [0.05, 0.1) is 10.0 Å². The van der Waals surface area contributed by atoms with Gasteiger partial charge in [0, 0.05) is 10.2 Å². The predicted molar refractivity (Wildman–Crippen MR) is 57.3 cm³/mol. The molecule has 1 aromatic carbocycles. The van der Waals surface area contributed by atoms with E-state index in [9.17, 15) is 0 Å². The van der Waals surface area contributed by atoms with E-state index >= 15 is 0 Å². The lowest BCUT2D eigenvalue weighted by atomic mass is 10.4. The lowest BCUT2D eigenvalue weighted by Crippen LogP contribution is -1.67. The second kappa shape index (κ2) is 6.52. The van der Waals surface area contributed by atoms with Gasteiger partial charge in [-0.1, -0.05) is 54.7 Å². The summed E-state index contributed by atoms with van der Waals surface area (Å²) in [6, 6.07) is 7.19. The average Bonchev–Trinajstić information content (AvgIpc) is 1.94. The second-order valence-corrected chi connectivity index (χ2v) is 4.54. The molecular formula is C9H11Cl2Si. The van der Waals surface area contributed by atoms with Crippen molar-refractivity contribution in [3.63, 3.8) is 0 Å². The lowest BCUT2D eigenvalue weighted by Gasteiger charge is -1.88. The Hall–Kier alpha value is 0.0169. The predicted octanol–water partition coefficient (Wildman–Crippen LogP) is 3.98. The first-order valence-electron chi connectivity index (χ1n) is 3.65. The Balaban J connectivity index is 0.000000261. The topological polar surface area (TPSA) is 0 Å². The van der Waals surface area contributed by atoms with Crippen molar-refractivity contribution in [2.45, 2.75) is 19.4 Å². The highest BCUT2D eigenvalue weighted by Crippen LogP contribution is 2.19. The molecule has 65 valence electrons. The van der Waals surface area contributed by atoms with Gasteiger partial charge >= 0.3 is 0 Å². The zero-order valence-corrected chi connectivity index (χ0v) is 9.65. The van der Waals surface area contributed by atoms with Gasteiger partial charge in [0.2, 0.25) is 0 Å². The minimum atomic E-state index is 0.606. The maximum atomic E-state index is 5.58. The van der Waals surface area contributed by atoms with Gasteiger partial charge in [-0.05, 0) is 12.1 Å². The van der Waals surface area contributed by atoms with Crippen LogP contribution in [-0.4, -0.2) is 10.2 Å². The molecule has 0 bridgehead atoms. The van der Waals surface area contributed by atoms with E-state index in [1.54, 1.807) is 12.1 Å². The van der Waals surface area contributed by atoms with Gasteiger partial charge in [-0.3, -0.25) is 0 Å². The first kappa shape index (κ1) is 12.0. The van der Waals surface area contributed by atoms with Gasteiger partial charge in [-0.15, -0.1) is 0 Å². The molecule has 0 atom stereocenters. The Labute approximate surface area is 87.3 Å². The van der Waals surface area contributed by atoms with E-state index in [1.165, 1.54) is 0 Å². The van der Waals surface area contributed by atoms with Crippen molar-refractivity contribution in [3.8, 4) is 0 Å². The lowest BCUT2D eigenvalue weighted by molar-refractivity contribution is 1.08. The molecule has 0 aliphatic carbocycles. The Morgan fingerprint density at radius 1 is 1.08 bits per heavy atom. The molecule has 0 fully saturated rings. The Kier molecular flexibility index (Phi) is 6.53. The highest BCUT2D eigenvalue weighted by atomic mass is 35.5. The summed E-state index contributed by atoms with van der Waals surface area (Å²) in [5, 5.41) is 1.21. The van der Waals surface area contributed by atoms with Crippen LogP contribution in [0.1, 0.15) is 13.8 Å². The average molecular weight is 218 g/mol. The van der Waals surface area contributed by atoms with Crippen molar-refractivity contribution in [2.75, 3.05) is 0 Å². The molecule has 0 aliphatic rings. The highest BCUT2D eigenvalue weighted by Gasteiger charge is 1.89. The minimum absolute atomic E-state index is 0.606. The smallest absolute Gasteiger partial charge is 0.0592 e. The maximum Gasteiger partial charge on any atom is 0.0592 e.